The van der Waals surface area contributed by atoms with E-state index in [2.05, 4.69) is 53.3 Å². The minimum Gasteiger partial charge on any atom is -0.343 e. The number of rotatable bonds is 10. The van der Waals surface area contributed by atoms with Crippen LogP contribution in [-0.4, -0.2) is 85.9 Å². The SMILES string of the molecule is CN1CCC(N(C)C(=O)CCCC(=O)N(CCCN2CCC3(C=Cc4ccccc43)CC2)c2ccccc2)CC1. The lowest BCUT2D eigenvalue weighted by atomic mass is 9.74. The molecule has 5 rings (SSSR count). The van der Waals surface area contributed by atoms with E-state index in [0.717, 1.165) is 70.5 Å². The molecule has 2 fully saturated rings. The van der Waals surface area contributed by atoms with Crippen molar-refractivity contribution < 1.29 is 9.59 Å². The quantitative estimate of drug-likeness (QED) is 0.415. The third-order valence-corrected chi connectivity index (χ3v) is 9.46. The number of para-hydroxylation sites is 1. The Kier molecular flexibility index (Phi) is 9.38. The van der Waals surface area contributed by atoms with Crippen molar-refractivity contribution in [2.75, 3.05) is 58.3 Å². The smallest absolute Gasteiger partial charge is 0.226 e. The number of nitrogens with zero attached hydrogens (tertiary/aromatic N) is 4. The molecule has 0 aromatic heterocycles. The van der Waals surface area contributed by atoms with Crippen LogP contribution in [0.15, 0.2) is 60.7 Å². The molecule has 6 nitrogen and oxygen atoms in total. The first-order chi connectivity index (χ1) is 19.4. The first-order valence-corrected chi connectivity index (χ1v) is 15.3. The van der Waals surface area contributed by atoms with Gasteiger partial charge in [-0.1, -0.05) is 54.6 Å². The predicted molar refractivity (Wildman–Crippen MR) is 163 cm³/mol. The number of likely N-dealkylation sites (tertiary alicyclic amines) is 2. The predicted octanol–water partition coefficient (Wildman–Crippen LogP) is 5.19. The fourth-order valence-corrected chi connectivity index (χ4v) is 6.79. The lowest BCUT2D eigenvalue weighted by Crippen LogP contribution is -2.44. The Morgan fingerprint density at radius 2 is 1.55 bits per heavy atom. The highest BCUT2D eigenvalue weighted by atomic mass is 16.2. The lowest BCUT2D eigenvalue weighted by Gasteiger charge is -2.39. The molecule has 2 aromatic carbocycles. The van der Waals surface area contributed by atoms with E-state index in [1.54, 1.807) is 0 Å². The number of carbonyl (C=O) groups is 2. The molecule has 0 N–H and O–H groups in total. The maximum atomic E-state index is 13.4. The molecule has 0 atom stereocenters. The van der Waals surface area contributed by atoms with Gasteiger partial charge >= 0.3 is 0 Å². The molecule has 0 radical (unpaired) electrons. The molecular weight excluding hydrogens is 496 g/mol. The Bertz CT molecular complexity index is 1160. The molecule has 2 aromatic rings. The number of amides is 2. The molecule has 214 valence electrons. The summed E-state index contributed by atoms with van der Waals surface area (Å²) in [6.45, 7) is 5.95. The van der Waals surface area contributed by atoms with E-state index in [1.807, 2.05) is 47.2 Å². The van der Waals surface area contributed by atoms with Crippen LogP contribution in [0.4, 0.5) is 5.69 Å². The fourth-order valence-electron chi connectivity index (χ4n) is 6.79. The molecule has 0 saturated carbocycles. The summed E-state index contributed by atoms with van der Waals surface area (Å²) in [7, 11) is 4.07. The van der Waals surface area contributed by atoms with Gasteiger partial charge in [0.05, 0.1) is 0 Å². The van der Waals surface area contributed by atoms with Gasteiger partial charge in [-0.15, -0.1) is 0 Å². The molecule has 40 heavy (non-hydrogen) atoms. The third-order valence-electron chi connectivity index (χ3n) is 9.46. The largest absolute Gasteiger partial charge is 0.343 e. The maximum Gasteiger partial charge on any atom is 0.226 e. The van der Waals surface area contributed by atoms with Crippen LogP contribution in [0.5, 0.6) is 0 Å². The normalized spacial score (nSPS) is 19.1. The molecule has 3 aliphatic rings. The van der Waals surface area contributed by atoms with E-state index >= 15 is 0 Å². The van der Waals surface area contributed by atoms with Gasteiger partial charge < -0.3 is 19.6 Å². The van der Waals surface area contributed by atoms with Crippen molar-refractivity contribution in [2.45, 2.75) is 62.8 Å². The van der Waals surface area contributed by atoms with E-state index in [0.29, 0.717) is 31.8 Å². The summed E-state index contributed by atoms with van der Waals surface area (Å²) in [5.74, 6) is 0.280. The van der Waals surface area contributed by atoms with Crippen molar-refractivity contribution in [1.29, 1.82) is 0 Å². The van der Waals surface area contributed by atoms with Crippen molar-refractivity contribution in [2.24, 2.45) is 0 Å². The molecule has 6 heteroatoms. The molecule has 1 aliphatic carbocycles. The van der Waals surface area contributed by atoms with Crippen LogP contribution in [0.1, 0.15) is 62.5 Å². The van der Waals surface area contributed by atoms with Crippen molar-refractivity contribution in [3.05, 3.63) is 71.8 Å². The summed E-state index contributed by atoms with van der Waals surface area (Å²) in [5.41, 5.74) is 4.03. The first-order valence-electron chi connectivity index (χ1n) is 15.3. The highest BCUT2D eigenvalue weighted by Gasteiger charge is 2.37. The Hall–Kier alpha value is -2.96. The molecule has 2 saturated heterocycles. The topological polar surface area (TPSA) is 47.1 Å². The molecule has 0 unspecified atom stereocenters. The number of hydrogen-bond acceptors (Lipinski definition) is 4. The van der Waals surface area contributed by atoms with Crippen molar-refractivity contribution in [3.63, 3.8) is 0 Å². The number of benzene rings is 2. The minimum absolute atomic E-state index is 0.117. The number of hydrogen-bond donors (Lipinski definition) is 0. The van der Waals surface area contributed by atoms with Gasteiger partial charge in [0.1, 0.15) is 0 Å². The van der Waals surface area contributed by atoms with Gasteiger partial charge in [-0.2, -0.15) is 0 Å². The first kappa shape index (κ1) is 28.6. The van der Waals surface area contributed by atoms with E-state index in [-0.39, 0.29) is 17.2 Å². The number of carbonyl (C=O) groups excluding carboxylic acids is 2. The number of piperidine rings is 2. The minimum atomic E-state index is 0.117. The van der Waals surface area contributed by atoms with E-state index in [9.17, 15) is 9.59 Å². The Morgan fingerprint density at radius 1 is 0.875 bits per heavy atom. The van der Waals surface area contributed by atoms with Gasteiger partial charge in [-0.25, -0.2) is 0 Å². The van der Waals surface area contributed by atoms with Crippen LogP contribution in [-0.2, 0) is 15.0 Å². The van der Waals surface area contributed by atoms with Gasteiger partial charge in [0.2, 0.25) is 11.8 Å². The van der Waals surface area contributed by atoms with Crippen molar-refractivity contribution in [3.8, 4) is 0 Å². The molecule has 2 heterocycles. The number of allylic oxidation sites excluding steroid dienone is 1. The maximum absolute atomic E-state index is 13.4. The van der Waals surface area contributed by atoms with E-state index in [4.69, 9.17) is 0 Å². The molecule has 0 bridgehead atoms. The summed E-state index contributed by atoms with van der Waals surface area (Å²) in [5, 5.41) is 0. The zero-order chi connectivity index (χ0) is 28.0. The van der Waals surface area contributed by atoms with Gasteiger partial charge in [-0.3, -0.25) is 9.59 Å². The van der Waals surface area contributed by atoms with Gasteiger partial charge in [0, 0.05) is 43.6 Å². The second-order valence-corrected chi connectivity index (χ2v) is 12.0. The van der Waals surface area contributed by atoms with Crippen LogP contribution in [0, 0.1) is 0 Å². The average molecular weight is 543 g/mol. The van der Waals surface area contributed by atoms with Crippen LogP contribution < -0.4 is 4.90 Å². The lowest BCUT2D eigenvalue weighted by molar-refractivity contribution is -0.133. The Balaban J connectivity index is 1.09. The third kappa shape index (κ3) is 6.67. The summed E-state index contributed by atoms with van der Waals surface area (Å²) in [6.07, 6.45) is 11.5. The van der Waals surface area contributed by atoms with Crippen LogP contribution in [0.2, 0.25) is 0 Å². The standard InChI is InChI=1S/C34H46N4O2/c1-35-24-17-29(18-25-35)36(2)32(39)14-8-15-33(40)38(30-11-4-3-5-12-30)23-9-22-37-26-20-34(21-27-37)19-16-28-10-6-7-13-31(28)34/h3-7,10-13,16,19,29H,8-9,14-15,17-18,20-27H2,1-2H3. The summed E-state index contributed by atoms with van der Waals surface area (Å²) >= 11 is 0. The van der Waals surface area contributed by atoms with Crippen molar-refractivity contribution >= 4 is 23.6 Å². The van der Waals surface area contributed by atoms with E-state index in [1.165, 1.54) is 11.1 Å². The highest BCUT2D eigenvalue weighted by Crippen LogP contribution is 2.43. The summed E-state index contributed by atoms with van der Waals surface area (Å²) < 4.78 is 0. The highest BCUT2D eigenvalue weighted by molar-refractivity contribution is 5.93. The summed E-state index contributed by atoms with van der Waals surface area (Å²) in [6, 6.07) is 19.2. The monoisotopic (exact) mass is 542 g/mol. The van der Waals surface area contributed by atoms with Crippen LogP contribution >= 0.6 is 0 Å². The Morgan fingerprint density at radius 3 is 2.30 bits per heavy atom. The van der Waals surface area contributed by atoms with Crippen LogP contribution in [0.3, 0.4) is 0 Å². The molecule has 1 spiro atoms. The second kappa shape index (κ2) is 13.1. The number of anilines is 1. The molecule has 2 amide bonds. The fraction of sp³-hybridized carbons (Fsp3) is 0.529. The average Bonchev–Trinajstić information content (AvgIpc) is 3.34. The molecule has 2 aliphatic heterocycles. The Labute approximate surface area is 240 Å². The van der Waals surface area contributed by atoms with Gasteiger partial charge in [-0.05, 0) is 102 Å². The molecular formula is C34H46N4O2. The van der Waals surface area contributed by atoms with Crippen molar-refractivity contribution in [1.82, 2.24) is 14.7 Å². The zero-order valence-electron chi connectivity index (χ0n) is 24.4. The van der Waals surface area contributed by atoms with Gasteiger partial charge in [0.15, 0.2) is 0 Å². The zero-order valence-corrected chi connectivity index (χ0v) is 24.4. The second-order valence-electron chi connectivity index (χ2n) is 12.0. The van der Waals surface area contributed by atoms with E-state index < -0.39 is 0 Å². The van der Waals surface area contributed by atoms with Gasteiger partial charge in [0.25, 0.3) is 0 Å². The summed E-state index contributed by atoms with van der Waals surface area (Å²) in [4.78, 5) is 34.9. The van der Waals surface area contributed by atoms with Crippen LogP contribution in [0.25, 0.3) is 6.08 Å². The number of fused-ring (bicyclic) bond motifs is 2.